The van der Waals surface area contributed by atoms with Gasteiger partial charge in [0.05, 0.1) is 12.2 Å². The summed E-state index contributed by atoms with van der Waals surface area (Å²) in [5.74, 6) is -0.600. The molecule has 2 amide bonds. The van der Waals surface area contributed by atoms with Crippen molar-refractivity contribution >= 4 is 28.3 Å². The van der Waals surface area contributed by atoms with E-state index in [0.717, 1.165) is 16.8 Å². The average molecular weight is 352 g/mol. The van der Waals surface area contributed by atoms with Gasteiger partial charge in [0, 0.05) is 28.9 Å². The third-order valence-electron chi connectivity index (χ3n) is 3.51. The van der Waals surface area contributed by atoms with Crippen molar-refractivity contribution in [1.82, 2.24) is 15.3 Å². The van der Waals surface area contributed by atoms with E-state index in [1.54, 1.807) is 24.5 Å². The number of carbonyl (C=O) groups is 2. The van der Waals surface area contributed by atoms with E-state index in [0.29, 0.717) is 10.7 Å². The number of amides is 2. The van der Waals surface area contributed by atoms with E-state index in [-0.39, 0.29) is 18.4 Å². The van der Waals surface area contributed by atoms with Crippen molar-refractivity contribution in [2.75, 3.05) is 11.9 Å². The summed E-state index contributed by atoms with van der Waals surface area (Å²) in [4.78, 5) is 32.5. The number of aromatic nitrogens is 2. The maximum Gasteiger partial charge on any atom is 0.251 e. The van der Waals surface area contributed by atoms with E-state index in [9.17, 15) is 9.59 Å². The minimum Gasteiger partial charge on any atom is -0.343 e. The van der Waals surface area contributed by atoms with Gasteiger partial charge in [-0.2, -0.15) is 0 Å². The van der Waals surface area contributed by atoms with Gasteiger partial charge in [-0.05, 0) is 30.7 Å². The number of benzene rings is 1. The molecule has 126 valence electrons. The summed E-state index contributed by atoms with van der Waals surface area (Å²) in [7, 11) is 0. The fraction of sp³-hybridized carbons (Fsp3) is 0.111. The molecule has 7 heteroatoms. The van der Waals surface area contributed by atoms with Gasteiger partial charge in [-0.1, -0.05) is 18.2 Å². The van der Waals surface area contributed by atoms with E-state index in [2.05, 4.69) is 20.6 Å². The topological polar surface area (TPSA) is 84.0 Å². The van der Waals surface area contributed by atoms with Crippen LogP contribution >= 0.6 is 11.3 Å². The number of rotatable bonds is 5. The number of aryl methyl sites for hydroxylation is 1. The number of anilines is 1. The van der Waals surface area contributed by atoms with Crippen LogP contribution in [0.2, 0.25) is 0 Å². The highest BCUT2D eigenvalue weighted by Crippen LogP contribution is 2.23. The predicted octanol–water partition coefficient (Wildman–Crippen LogP) is 2.88. The monoisotopic (exact) mass is 352 g/mol. The van der Waals surface area contributed by atoms with Gasteiger partial charge in [-0.15, -0.1) is 11.3 Å². The molecule has 2 aromatic heterocycles. The van der Waals surface area contributed by atoms with Crippen LogP contribution in [0.1, 0.15) is 15.9 Å². The lowest BCUT2D eigenvalue weighted by Gasteiger charge is -2.07. The molecule has 0 aliphatic rings. The Labute approximate surface area is 149 Å². The molecule has 0 fully saturated rings. The van der Waals surface area contributed by atoms with Gasteiger partial charge < -0.3 is 10.6 Å². The molecular formula is C18H16N4O2S. The molecule has 0 bridgehead atoms. The maximum atomic E-state index is 12.1. The Morgan fingerprint density at radius 3 is 2.76 bits per heavy atom. The summed E-state index contributed by atoms with van der Waals surface area (Å²) < 4.78 is 0. The summed E-state index contributed by atoms with van der Waals surface area (Å²) >= 11 is 1.32. The summed E-state index contributed by atoms with van der Waals surface area (Å²) in [5, 5.41) is 7.63. The lowest BCUT2D eigenvalue weighted by molar-refractivity contribution is -0.115. The molecule has 3 aromatic rings. The number of hydrogen-bond acceptors (Lipinski definition) is 5. The molecule has 0 saturated heterocycles. The lowest BCUT2D eigenvalue weighted by atomic mass is 10.1. The van der Waals surface area contributed by atoms with Crippen LogP contribution in [0.15, 0.2) is 54.2 Å². The second kappa shape index (κ2) is 7.67. The Bertz CT molecular complexity index is 893. The number of hydrogen-bond donors (Lipinski definition) is 2. The molecule has 0 saturated carbocycles. The Morgan fingerprint density at radius 1 is 1.16 bits per heavy atom. The van der Waals surface area contributed by atoms with Gasteiger partial charge in [0.1, 0.15) is 0 Å². The SMILES string of the molecule is Cc1ccccc1C(=O)NCC(=O)Nc1nc(-c2cccnc2)cs1. The molecule has 0 spiro atoms. The first kappa shape index (κ1) is 16.8. The molecule has 1 aromatic carbocycles. The maximum absolute atomic E-state index is 12.1. The molecule has 0 aliphatic heterocycles. The molecule has 0 unspecified atom stereocenters. The van der Waals surface area contributed by atoms with Crippen LogP contribution in [0.3, 0.4) is 0 Å². The smallest absolute Gasteiger partial charge is 0.251 e. The molecule has 2 N–H and O–H groups in total. The molecule has 2 heterocycles. The van der Waals surface area contributed by atoms with E-state index >= 15 is 0 Å². The van der Waals surface area contributed by atoms with E-state index in [1.165, 1.54) is 11.3 Å². The number of pyridine rings is 1. The Hall–Kier alpha value is -3.06. The van der Waals surface area contributed by atoms with Crippen molar-refractivity contribution in [2.24, 2.45) is 0 Å². The first-order valence-electron chi connectivity index (χ1n) is 7.63. The van der Waals surface area contributed by atoms with Gasteiger partial charge in [0.25, 0.3) is 5.91 Å². The van der Waals surface area contributed by atoms with Crippen LogP contribution in [0.25, 0.3) is 11.3 Å². The summed E-state index contributed by atoms with van der Waals surface area (Å²) in [5.41, 5.74) is 3.05. The fourth-order valence-corrected chi connectivity index (χ4v) is 2.96. The predicted molar refractivity (Wildman–Crippen MR) is 97.5 cm³/mol. The van der Waals surface area contributed by atoms with Crippen molar-refractivity contribution in [2.45, 2.75) is 6.92 Å². The molecule has 0 aliphatic carbocycles. The zero-order valence-corrected chi connectivity index (χ0v) is 14.3. The second-order valence-corrected chi connectivity index (χ2v) is 6.18. The van der Waals surface area contributed by atoms with Crippen LogP contribution in [0.5, 0.6) is 0 Å². The lowest BCUT2D eigenvalue weighted by Crippen LogP contribution is -2.33. The Kier molecular flexibility index (Phi) is 5.15. The molecule has 6 nitrogen and oxygen atoms in total. The van der Waals surface area contributed by atoms with Gasteiger partial charge in [-0.3, -0.25) is 14.6 Å². The first-order valence-corrected chi connectivity index (χ1v) is 8.51. The molecule has 25 heavy (non-hydrogen) atoms. The van der Waals surface area contributed by atoms with Crippen molar-refractivity contribution in [3.63, 3.8) is 0 Å². The van der Waals surface area contributed by atoms with Crippen LogP contribution in [-0.4, -0.2) is 28.3 Å². The van der Waals surface area contributed by atoms with Crippen LogP contribution < -0.4 is 10.6 Å². The van der Waals surface area contributed by atoms with E-state index in [1.807, 2.05) is 36.6 Å². The van der Waals surface area contributed by atoms with Gasteiger partial charge in [0.15, 0.2) is 5.13 Å². The van der Waals surface area contributed by atoms with Crippen molar-refractivity contribution in [3.8, 4) is 11.3 Å². The second-order valence-electron chi connectivity index (χ2n) is 5.33. The zero-order valence-electron chi connectivity index (χ0n) is 13.5. The van der Waals surface area contributed by atoms with Crippen LogP contribution in [0, 0.1) is 6.92 Å². The summed E-state index contributed by atoms with van der Waals surface area (Å²) in [6.07, 6.45) is 3.40. The number of nitrogens with one attached hydrogen (secondary N) is 2. The first-order chi connectivity index (χ1) is 12.1. The highest BCUT2D eigenvalue weighted by Gasteiger charge is 2.11. The fourth-order valence-electron chi connectivity index (χ4n) is 2.22. The van der Waals surface area contributed by atoms with Crippen molar-refractivity contribution < 1.29 is 9.59 Å². The third kappa shape index (κ3) is 4.27. The molecular weight excluding hydrogens is 336 g/mol. The standard InChI is InChI=1S/C18H16N4O2S/c1-12-5-2-3-7-14(12)17(24)20-10-16(23)22-18-21-15(11-25-18)13-6-4-8-19-9-13/h2-9,11H,10H2,1H3,(H,20,24)(H,21,22,23). The van der Waals surface area contributed by atoms with Crippen molar-refractivity contribution in [1.29, 1.82) is 0 Å². The van der Waals surface area contributed by atoms with E-state index < -0.39 is 0 Å². The normalized spacial score (nSPS) is 10.3. The number of thiazole rings is 1. The van der Waals surface area contributed by atoms with Gasteiger partial charge in [-0.25, -0.2) is 4.98 Å². The quantitative estimate of drug-likeness (QED) is 0.739. The van der Waals surface area contributed by atoms with Gasteiger partial charge in [0.2, 0.25) is 5.91 Å². The van der Waals surface area contributed by atoms with Gasteiger partial charge >= 0.3 is 0 Å². The molecule has 0 atom stereocenters. The van der Waals surface area contributed by atoms with E-state index in [4.69, 9.17) is 0 Å². The molecule has 3 rings (SSSR count). The summed E-state index contributed by atoms with van der Waals surface area (Å²) in [6.45, 7) is 1.74. The minimum absolute atomic E-state index is 0.116. The highest BCUT2D eigenvalue weighted by molar-refractivity contribution is 7.14. The minimum atomic E-state index is -0.325. The third-order valence-corrected chi connectivity index (χ3v) is 4.26. The Morgan fingerprint density at radius 2 is 2.00 bits per heavy atom. The van der Waals surface area contributed by atoms with Crippen LogP contribution in [-0.2, 0) is 4.79 Å². The Balaban J connectivity index is 1.56. The molecule has 0 radical (unpaired) electrons. The van der Waals surface area contributed by atoms with Crippen LogP contribution in [0.4, 0.5) is 5.13 Å². The van der Waals surface area contributed by atoms with Crippen molar-refractivity contribution in [3.05, 3.63) is 65.3 Å². The number of carbonyl (C=O) groups excluding carboxylic acids is 2. The largest absolute Gasteiger partial charge is 0.343 e. The average Bonchev–Trinajstić information content (AvgIpc) is 3.09. The zero-order chi connectivity index (χ0) is 17.6. The number of nitrogens with zero attached hydrogens (tertiary/aromatic N) is 2. The highest BCUT2D eigenvalue weighted by atomic mass is 32.1. The summed E-state index contributed by atoms with van der Waals surface area (Å²) in [6, 6.07) is 11.0.